The summed E-state index contributed by atoms with van der Waals surface area (Å²) >= 11 is 0. The van der Waals surface area contributed by atoms with Gasteiger partial charge in [-0.15, -0.1) is 0 Å². The number of aromatic nitrogens is 3. The van der Waals surface area contributed by atoms with Crippen LogP contribution in [0.3, 0.4) is 0 Å². The molecule has 0 bridgehead atoms. The van der Waals surface area contributed by atoms with Gasteiger partial charge >= 0.3 is 0 Å². The van der Waals surface area contributed by atoms with E-state index >= 15 is 0 Å². The van der Waals surface area contributed by atoms with Crippen LogP contribution in [0.15, 0.2) is 237 Å². The summed E-state index contributed by atoms with van der Waals surface area (Å²) in [4.78, 5) is 12.2. The van der Waals surface area contributed by atoms with Crippen LogP contribution in [0.5, 0.6) is 0 Å². The Bertz CT molecular complexity index is 3420. The number of nitrogens with zero attached hydrogens (tertiary/aromatic N) is 5. The van der Waals surface area contributed by atoms with E-state index < -0.39 is 0 Å². The number of hydrogen-bond acceptors (Lipinski definition) is 4. The zero-order valence-corrected chi connectivity index (χ0v) is 34.8. The molecule has 0 N–H and O–H groups in total. The highest BCUT2D eigenvalue weighted by atomic mass is 15.1. The highest BCUT2D eigenvalue weighted by Crippen LogP contribution is 2.40. The maximum atomic E-state index is 9.54. The van der Waals surface area contributed by atoms with Gasteiger partial charge in [0.1, 0.15) is 0 Å². The number of nitriles is 1. The van der Waals surface area contributed by atoms with E-state index in [4.69, 9.17) is 9.97 Å². The van der Waals surface area contributed by atoms with Crippen molar-refractivity contribution in [2.24, 2.45) is 0 Å². The lowest BCUT2D eigenvalue weighted by Crippen LogP contribution is -2.09. The van der Waals surface area contributed by atoms with Crippen LogP contribution < -0.4 is 4.90 Å². The maximum Gasteiger partial charge on any atom is 0.160 e. The van der Waals surface area contributed by atoms with E-state index in [0.29, 0.717) is 11.4 Å². The van der Waals surface area contributed by atoms with Crippen molar-refractivity contribution in [3.8, 4) is 67.9 Å². The predicted octanol–water partition coefficient (Wildman–Crippen LogP) is 15.3. The summed E-state index contributed by atoms with van der Waals surface area (Å²) in [6.07, 6.45) is 0. The highest BCUT2D eigenvalue weighted by molar-refractivity contribution is 6.10. The summed E-state index contributed by atoms with van der Waals surface area (Å²) in [6.45, 7) is 0. The zero-order valence-electron chi connectivity index (χ0n) is 34.8. The average Bonchev–Trinajstić information content (AvgIpc) is 3.71. The van der Waals surface area contributed by atoms with Gasteiger partial charge in [-0.05, 0) is 101 Å². The second-order valence-corrected chi connectivity index (χ2v) is 15.8. The molecule has 5 heteroatoms. The smallest absolute Gasteiger partial charge is 0.160 e. The van der Waals surface area contributed by atoms with Gasteiger partial charge in [0, 0.05) is 50.2 Å². The molecular formula is C59H39N5. The van der Waals surface area contributed by atoms with Gasteiger partial charge in [0.2, 0.25) is 0 Å². The molecule has 11 rings (SSSR count). The van der Waals surface area contributed by atoms with Crippen LogP contribution in [0.2, 0.25) is 0 Å². The van der Waals surface area contributed by atoms with Crippen LogP contribution in [0.4, 0.5) is 17.1 Å². The fourth-order valence-corrected chi connectivity index (χ4v) is 8.68. The van der Waals surface area contributed by atoms with Gasteiger partial charge in [-0.1, -0.05) is 158 Å². The SMILES string of the molecule is N#Cc1cccc(-c2nc(-c3ccccc3)cc(-c3ccc(-c4ccc(-c5ccc(-n6c7ccccc7c7cc(N(c8ccccc8)c8ccccc8)ccc76)cc5)cc4)cc3)n2)c1. The summed E-state index contributed by atoms with van der Waals surface area (Å²) in [5, 5.41) is 12.0. The molecule has 0 spiro atoms. The van der Waals surface area contributed by atoms with Crippen LogP contribution in [-0.4, -0.2) is 14.5 Å². The summed E-state index contributed by atoms with van der Waals surface area (Å²) in [5.41, 5.74) is 16.4. The molecule has 0 aliphatic rings. The zero-order chi connectivity index (χ0) is 42.8. The number of rotatable bonds is 9. The molecule has 64 heavy (non-hydrogen) atoms. The van der Waals surface area contributed by atoms with Crippen molar-refractivity contribution in [1.82, 2.24) is 14.5 Å². The lowest BCUT2D eigenvalue weighted by atomic mass is 9.98. The van der Waals surface area contributed by atoms with E-state index in [0.717, 1.165) is 78.6 Å². The first-order chi connectivity index (χ1) is 31.7. The molecular weight excluding hydrogens is 779 g/mol. The van der Waals surface area contributed by atoms with Gasteiger partial charge in [-0.2, -0.15) is 5.26 Å². The van der Waals surface area contributed by atoms with Gasteiger partial charge in [0.05, 0.1) is 34.1 Å². The Kier molecular flexibility index (Phi) is 9.85. The molecule has 0 aliphatic heterocycles. The van der Waals surface area contributed by atoms with Crippen molar-refractivity contribution in [1.29, 1.82) is 5.26 Å². The molecule has 0 saturated heterocycles. The van der Waals surface area contributed by atoms with E-state index in [-0.39, 0.29) is 0 Å². The third kappa shape index (κ3) is 7.26. The topological polar surface area (TPSA) is 57.7 Å². The molecule has 2 heterocycles. The molecule has 0 saturated carbocycles. The van der Waals surface area contributed by atoms with Crippen LogP contribution in [0.25, 0.3) is 83.6 Å². The lowest BCUT2D eigenvalue weighted by molar-refractivity contribution is 1.18. The van der Waals surface area contributed by atoms with Gasteiger partial charge in [-0.25, -0.2) is 9.97 Å². The van der Waals surface area contributed by atoms with Gasteiger partial charge in [0.25, 0.3) is 0 Å². The molecule has 0 radical (unpaired) electrons. The normalized spacial score (nSPS) is 11.1. The third-order valence-electron chi connectivity index (χ3n) is 11.8. The summed E-state index contributed by atoms with van der Waals surface area (Å²) < 4.78 is 2.37. The molecule has 9 aromatic carbocycles. The quantitative estimate of drug-likeness (QED) is 0.146. The van der Waals surface area contributed by atoms with Crippen molar-refractivity contribution in [2.45, 2.75) is 0 Å². The second-order valence-electron chi connectivity index (χ2n) is 15.8. The first-order valence-corrected chi connectivity index (χ1v) is 21.4. The first-order valence-electron chi connectivity index (χ1n) is 21.4. The monoisotopic (exact) mass is 817 g/mol. The minimum absolute atomic E-state index is 0.574. The number of para-hydroxylation sites is 3. The molecule has 0 fully saturated rings. The van der Waals surface area contributed by atoms with E-state index in [1.807, 2.05) is 42.5 Å². The number of anilines is 3. The Morgan fingerprint density at radius 1 is 0.359 bits per heavy atom. The molecule has 0 atom stereocenters. The Labute approximate surface area is 372 Å². The largest absolute Gasteiger partial charge is 0.310 e. The second kappa shape index (κ2) is 16.5. The lowest BCUT2D eigenvalue weighted by Gasteiger charge is -2.25. The van der Waals surface area contributed by atoms with Gasteiger partial charge in [-0.3, -0.25) is 0 Å². The fourth-order valence-electron chi connectivity index (χ4n) is 8.68. The van der Waals surface area contributed by atoms with Gasteiger partial charge < -0.3 is 9.47 Å². The molecule has 5 nitrogen and oxygen atoms in total. The molecule has 0 aliphatic carbocycles. The summed E-state index contributed by atoms with van der Waals surface area (Å²) in [7, 11) is 0. The first kappa shape index (κ1) is 38.1. The number of hydrogen-bond donors (Lipinski definition) is 0. The van der Waals surface area contributed by atoms with Crippen LogP contribution >= 0.6 is 0 Å². The Hall–Kier alpha value is -8.85. The van der Waals surface area contributed by atoms with Crippen LogP contribution in [0, 0.1) is 11.3 Å². The summed E-state index contributed by atoms with van der Waals surface area (Å²) in [5.74, 6) is 0.583. The van der Waals surface area contributed by atoms with Crippen molar-refractivity contribution in [2.75, 3.05) is 4.90 Å². The van der Waals surface area contributed by atoms with Crippen molar-refractivity contribution >= 4 is 38.9 Å². The highest BCUT2D eigenvalue weighted by Gasteiger charge is 2.18. The molecule has 0 amide bonds. The van der Waals surface area contributed by atoms with E-state index in [1.54, 1.807) is 6.07 Å². The van der Waals surface area contributed by atoms with E-state index in [2.05, 4.69) is 204 Å². The van der Waals surface area contributed by atoms with Crippen LogP contribution in [0.1, 0.15) is 5.56 Å². The van der Waals surface area contributed by atoms with Crippen molar-refractivity contribution < 1.29 is 0 Å². The van der Waals surface area contributed by atoms with Crippen molar-refractivity contribution in [3.05, 3.63) is 242 Å². The Morgan fingerprint density at radius 2 is 0.844 bits per heavy atom. The third-order valence-corrected chi connectivity index (χ3v) is 11.8. The maximum absolute atomic E-state index is 9.54. The van der Waals surface area contributed by atoms with E-state index in [1.165, 1.54) is 16.3 Å². The fraction of sp³-hybridized carbons (Fsp3) is 0. The standard InChI is InChI=1S/C59H39N5/c60-40-41-13-12-16-48(37-41)59-61-55(46-14-4-1-5-15-46)39-56(62-59)47-29-27-44(28-30-47)42-23-25-43(26-24-42)45-31-33-51(34-32-45)64-57-22-11-10-21-53(57)54-38-52(35-36-58(54)64)63(49-17-6-2-7-18-49)50-19-8-3-9-20-50/h1-39H. The summed E-state index contributed by atoms with van der Waals surface area (Å²) in [6, 6.07) is 84.6. The van der Waals surface area contributed by atoms with E-state index in [9.17, 15) is 5.26 Å². The van der Waals surface area contributed by atoms with Gasteiger partial charge in [0.15, 0.2) is 5.82 Å². The Balaban J connectivity index is 0.872. The minimum atomic E-state index is 0.574. The average molecular weight is 818 g/mol. The minimum Gasteiger partial charge on any atom is -0.310 e. The molecule has 0 unspecified atom stereocenters. The predicted molar refractivity (Wildman–Crippen MR) is 263 cm³/mol. The van der Waals surface area contributed by atoms with Crippen LogP contribution in [-0.2, 0) is 0 Å². The number of benzene rings is 9. The Morgan fingerprint density at radius 3 is 1.44 bits per heavy atom. The molecule has 11 aromatic rings. The molecule has 300 valence electrons. The number of fused-ring (bicyclic) bond motifs is 3. The van der Waals surface area contributed by atoms with Crippen molar-refractivity contribution in [3.63, 3.8) is 0 Å². The molecule has 2 aromatic heterocycles.